The molecule has 1 aromatic carbocycles. The third kappa shape index (κ3) is 4.28. The van der Waals surface area contributed by atoms with Crippen LogP contribution in [0, 0.1) is 12.7 Å². The van der Waals surface area contributed by atoms with Gasteiger partial charge < -0.3 is 14.8 Å². The summed E-state index contributed by atoms with van der Waals surface area (Å²) >= 11 is 0. The summed E-state index contributed by atoms with van der Waals surface area (Å²) in [5.41, 5.74) is -0.497. The highest BCUT2D eigenvalue weighted by Gasteiger charge is 2.55. The lowest BCUT2D eigenvalue weighted by Crippen LogP contribution is -2.39. The molecule has 6 nitrogen and oxygen atoms in total. The normalized spacial score (nSPS) is 18.9. The predicted octanol–water partition coefficient (Wildman–Crippen LogP) is 5.75. The van der Waals surface area contributed by atoms with E-state index in [0.29, 0.717) is 48.6 Å². The Morgan fingerprint density at radius 1 is 1.09 bits per heavy atom. The molecule has 1 aliphatic carbocycles. The Morgan fingerprint density at radius 2 is 1.80 bits per heavy atom. The molecule has 1 saturated carbocycles. The fourth-order valence-electron chi connectivity index (χ4n) is 4.38. The van der Waals surface area contributed by atoms with E-state index in [4.69, 9.17) is 9.47 Å². The second-order valence-corrected chi connectivity index (χ2v) is 9.30. The van der Waals surface area contributed by atoms with Gasteiger partial charge in [-0.2, -0.15) is 4.98 Å². The lowest BCUT2D eigenvalue weighted by atomic mass is 9.96. The molecule has 186 valence electrons. The molecule has 0 bridgehead atoms. The number of anilines is 1. The Hall–Kier alpha value is -3.01. The van der Waals surface area contributed by atoms with E-state index in [-0.39, 0.29) is 28.8 Å². The van der Waals surface area contributed by atoms with Crippen LogP contribution in [-0.2, 0) is 10.2 Å². The summed E-state index contributed by atoms with van der Waals surface area (Å²) < 4.78 is 68.0. The summed E-state index contributed by atoms with van der Waals surface area (Å²) in [4.78, 5) is 13.4. The number of aryl methyl sites for hydroxylation is 1. The summed E-state index contributed by atoms with van der Waals surface area (Å²) in [5, 5.41) is 3.59. The molecule has 0 radical (unpaired) electrons. The smallest absolute Gasteiger partial charge is 0.248 e. The molecule has 2 aromatic heterocycles. The lowest BCUT2D eigenvalue weighted by molar-refractivity contribution is -0.0820. The van der Waals surface area contributed by atoms with Crippen molar-refractivity contribution in [3.8, 4) is 5.88 Å². The van der Waals surface area contributed by atoms with E-state index in [1.807, 2.05) is 0 Å². The molecular formula is C25H26F4N4O2. The number of fused-ring (bicyclic) bond motifs is 1. The van der Waals surface area contributed by atoms with Gasteiger partial charge >= 0.3 is 0 Å². The van der Waals surface area contributed by atoms with Gasteiger partial charge in [0.05, 0.1) is 30.1 Å². The molecular weight excluding hydrogens is 464 g/mol. The number of pyridine rings is 1. The van der Waals surface area contributed by atoms with Gasteiger partial charge in [0.2, 0.25) is 12.3 Å². The Bertz CT molecular complexity index is 1260. The standard InChI is InChI=1S/C25H26F4N4O2/c1-12(26)16-5-4-6-17(20(16)27)13(2)30-21-18-9-19(25(7-8-25)24(28)29)23(35-15-10-34-11-15)33-22(18)32-14(3)31-21/h4-6,9,12-13,15,24H,7-8,10-11H2,1-3H3,(H,30,31,32,33)/t12?,13-/m1/s1. The van der Waals surface area contributed by atoms with Crippen molar-refractivity contribution >= 4 is 16.9 Å². The number of hydrogen-bond acceptors (Lipinski definition) is 6. The number of benzene rings is 1. The number of ether oxygens (including phenoxy) is 2. The number of aromatic nitrogens is 3. The quantitative estimate of drug-likeness (QED) is 0.406. The van der Waals surface area contributed by atoms with Crippen molar-refractivity contribution in [2.24, 2.45) is 0 Å². The monoisotopic (exact) mass is 490 g/mol. The maximum absolute atomic E-state index is 15.0. The van der Waals surface area contributed by atoms with Crippen LogP contribution in [0.5, 0.6) is 5.88 Å². The average molecular weight is 491 g/mol. The molecule has 0 amide bonds. The number of nitrogens with one attached hydrogen (secondary N) is 1. The van der Waals surface area contributed by atoms with Gasteiger partial charge in [-0.1, -0.05) is 18.2 Å². The van der Waals surface area contributed by atoms with Gasteiger partial charge in [0.25, 0.3) is 0 Å². The SMILES string of the molecule is Cc1nc(N[C@H](C)c2cccc(C(C)F)c2F)c2cc(C3(C(F)F)CC3)c(OC3COC3)nc2n1. The van der Waals surface area contributed by atoms with Gasteiger partial charge in [-0.25, -0.2) is 27.5 Å². The second kappa shape index (κ2) is 8.89. The average Bonchev–Trinajstić information content (AvgIpc) is 3.57. The largest absolute Gasteiger partial charge is 0.469 e. The highest BCUT2D eigenvalue weighted by Crippen LogP contribution is 2.55. The van der Waals surface area contributed by atoms with Crippen LogP contribution < -0.4 is 10.1 Å². The molecule has 2 atom stereocenters. The molecule has 3 heterocycles. The van der Waals surface area contributed by atoms with Crippen molar-refractivity contribution in [2.45, 2.75) is 63.8 Å². The van der Waals surface area contributed by atoms with Crippen molar-refractivity contribution in [1.82, 2.24) is 15.0 Å². The molecule has 1 saturated heterocycles. The highest BCUT2D eigenvalue weighted by atomic mass is 19.3. The Labute approximate surface area is 200 Å². The third-order valence-corrected chi connectivity index (χ3v) is 6.70. The number of alkyl halides is 3. The molecule has 35 heavy (non-hydrogen) atoms. The van der Waals surface area contributed by atoms with Crippen LogP contribution in [-0.4, -0.2) is 40.7 Å². The van der Waals surface area contributed by atoms with E-state index < -0.39 is 29.9 Å². The van der Waals surface area contributed by atoms with Gasteiger partial charge in [0.15, 0.2) is 5.65 Å². The molecule has 1 aliphatic heterocycles. The molecule has 5 rings (SSSR count). The summed E-state index contributed by atoms with van der Waals surface area (Å²) in [7, 11) is 0. The second-order valence-electron chi connectivity index (χ2n) is 9.30. The molecule has 2 fully saturated rings. The summed E-state index contributed by atoms with van der Waals surface area (Å²) in [6, 6.07) is 5.59. The molecule has 3 aromatic rings. The number of nitrogens with zero attached hydrogens (tertiary/aromatic N) is 3. The van der Waals surface area contributed by atoms with E-state index in [1.54, 1.807) is 32.0 Å². The zero-order valence-corrected chi connectivity index (χ0v) is 19.6. The molecule has 1 N–H and O–H groups in total. The molecule has 0 spiro atoms. The van der Waals surface area contributed by atoms with E-state index in [2.05, 4.69) is 20.3 Å². The first-order chi connectivity index (χ1) is 16.7. The Morgan fingerprint density at radius 3 is 2.40 bits per heavy atom. The van der Waals surface area contributed by atoms with Gasteiger partial charge in [-0.05, 0) is 39.7 Å². The fourth-order valence-corrected chi connectivity index (χ4v) is 4.38. The Kier molecular flexibility index (Phi) is 6.03. The topological polar surface area (TPSA) is 69.2 Å². The minimum absolute atomic E-state index is 0.0294. The number of hydrogen-bond donors (Lipinski definition) is 1. The van der Waals surface area contributed by atoms with E-state index in [1.165, 1.54) is 13.0 Å². The van der Waals surface area contributed by atoms with Crippen LogP contribution >= 0.6 is 0 Å². The van der Waals surface area contributed by atoms with E-state index in [9.17, 15) is 17.6 Å². The first-order valence-electron chi connectivity index (χ1n) is 11.6. The third-order valence-electron chi connectivity index (χ3n) is 6.70. The number of halogens is 4. The van der Waals surface area contributed by atoms with E-state index in [0.717, 1.165) is 0 Å². The molecule has 1 unspecified atom stereocenters. The maximum Gasteiger partial charge on any atom is 0.248 e. The van der Waals surface area contributed by atoms with Crippen molar-refractivity contribution < 1.29 is 27.0 Å². The maximum atomic E-state index is 15.0. The van der Waals surface area contributed by atoms with Gasteiger partial charge in [-0.3, -0.25) is 0 Å². The number of rotatable bonds is 8. The van der Waals surface area contributed by atoms with Crippen molar-refractivity contribution in [3.05, 3.63) is 52.6 Å². The first-order valence-corrected chi connectivity index (χ1v) is 11.6. The van der Waals surface area contributed by atoms with Gasteiger partial charge in [-0.15, -0.1) is 0 Å². The molecule has 2 aliphatic rings. The van der Waals surface area contributed by atoms with Gasteiger partial charge in [0.1, 0.15) is 29.7 Å². The Balaban J connectivity index is 1.58. The first kappa shape index (κ1) is 23.7. The van der Waals surface area contributed by atoms with Crippen LogP contribution in [0.2, 0.25) is 0 Å². The lowest BCUT2D eigenvalue weighted by Gasteiger charge is -2.28. The van der Waals surface area contributed by atoms with Crippen LogP contribution in [0.1, 0.15) is 61.4 Å². The van der Waals surface area contributed by atoms with Crippen molar-refractivity contribution in [3.63, 3.8) is 0 Å². The zero-order valence-electron chi connectivity index (χ0n) is 19.6. The van der Waals surface area contributed by atoms with Crippen LogP contribution in [0.3, 0.4) is 0 Å². The minimum atomic E-state index is -2.58. The van der Waals surface area contributed by atoms with Crippen molar-refractivity contribution in [2.75, 3.05) is 18.5 Å². The highest BCUT2D eigenvalue weighted by molar-refractivity contribution is 5.88. The molecule has 10 heteroatoms. The fraction of sp³-hybridized carbons (Fsp3) is 0.480. The minimum Gasteiger partial charge on any atom is -0.469 e. The van der Waals surface area contributed by atoms with E-state index >= 15 is 0 Å². The zero-order chi connectivity index (χ0) is 24.9. The van der Waals surface area contributed by atoms with Crippen molar-refractivity contribution in [1.29, 1.82) is 0 Å². The van der Waals surface area contributed by atoms with Crippen LogP contribution in [0.25, 0.3) is 11.0 Å². The van der Waals surface area contributed by atoms with Crippen LogP contribution in [0.4, 0.5) is 23.4 Å². The predicted molar refractivity (Wildman–Crippen MR) is 122 cm³/mol. The summed E-state index contributed by atoms with van der Waals surface area (Å²) in [5.74, 6) is 0.225. The van der Waals surface area contributed by atoms with Crippen LogP contribution in [0.15, 0.2) is 24.3 Å². The summed E-state index contributed by atoms with van der Waals surface area (Å²) in [6.45, 7) is 5.42. The summed E-state index contributed by atoms with van der Waals surface area (Å²) in [6.07, 6.45) is -3.65. The van der Waals surface area contributed by atoms with Gasteiger partial charge in [0, 0.05) is 16.7 Å².